The van der Waals surface area contributed by atoms with E-state index in [1.807, 2.05) is 19.0 Å². The minimum atomic E-state index is -4.18. The first-order valence-corrected chi connectivity index (χ1v) is 11.3. The summed E-state index contributed by atoms with van der Waals surface area (Å²) >= 11 is 0. The number of para-hydroxylation sites is 1. The first kappa shape index (κ1) is 27.2. The Labute approximate surface area is 194 Å². The lowest BCUT2D eigenvalue weighted by molar-refractivity contribution is 0.0951. The van der Waals surface area contributed by atoms with Gasteiger partial charge in [0.2, 0.25) is 5.91 Å². The molecule has 32 heavy (non-hydrogen) atoms. The molecule has 0 bridgehead atoms. The highest BCUT2D eigenvalue weighted by atomic mass is 35.5. The molecule has 0 saturated heterocycles. The van der Waals surface area contributed by atoms with Crippen LogP contribution < -0.4 is 20.5 Å². The van der Waals surface area contributed by atoms with Gasteiger partial charge in [0.1, 0.15) is 10.6 Å². The summed E-state index contributed by atoms with van der Waals surface area (Å²) in [5.41, 5.74) is 5.61. The molecule has 2 aromatic rings. The second-order valence-electron chi connectivity index (χ2n) is 7.02. The molecule has 0 atom stereocenters. The van der Waals surface area contributed by atoms with Crippen LogP contribution in [0.15, 0.2) is 47.4 Å². The van der Waals surface area contributed by atoms with Gasteiger partial charge in [-0.2, -0.15) is 0 Å². The van der Waals surface area contributed by atoms with Crippen LogP contribution in [0.5, 0.6) is 5.75 Å². The van der Waals surface area contributed by atoms with Crippen molar-refractivity contribution in [3.05, 3.63) is 53.6 Å². The van der Waals surface area contributed by atoms with E-state index < -0.39 is 21.8 Å². The van der Waals surface area contributed by atoms with Gasteiger partial charge in [0.05, 0.1) is 17.9 Å². The van der Waals surface area contributed by atoms with Crippen molar-refractivity contribution < 1.29 is 22.7 Å². The summed E-state index contributed by atoms with van der Waals surface area (Å²) in [6.07, 6.45) is 0.754. The average Bonchev–Trinajstić information content (AvgIpc) is 2.71. The number of rotatable bonds is 11. The zero-order valence-corrected chi connectivity index (χ0v) is 19.9. The Hall–Kier alpha value is -2.82. The first-order chi connectivity index (χ1) is 14.7. The lowest BCUT2D eigenvalue weighted by atomic mass is 10.1. The van der Waals surface area contributed by atoms with Crippen molar-refractivity contribution in [1.29, 1.82) is 0 Å². The molecule has 176 valence electrons. The Kier molecular flexibility index (Phi) is 10.4. The topological polar surface area (TPSA) is 131 Å². The molecule has 2 amide bonds. The van der Waals surface area contributed by atoms with Crippen molar-refractivity contribution in [3.63, 3.8) is 0 Å². The van der Waals surface area contributed by atoms with Crippen LogP contribution in [0.2, 0.25) is 0 Å². The zero-order valence-electron chi connectivity index (χ0n) is 18.3. The molecule has 0 fully saturated rings. The summed E-state index contributed by atoms with van der Waals surface area (Å²) in [7, 11) is -0.304. The van der Waals surface area contributed by atoms with E-state index in [0.717, 1.165) is 19.0 Å². The van der Waals surface area contributed by atoms with Crippen LogP contribution in [0.4, 0.5) is 5.69 Å². The number of carbonyl (C=O) groups excluding carboxylic acids is 2. The van der Waals surface area contributed by atoms with E-state index in [0.29, 0.717) is 6.54 Å². The van der Waals surface area contributed by atoms with Crippen LogP contribution in [0.25, 0.3) is 0 Å². The minimum absolute atomic E-state index is 0. The predicted molar refractivity (Wildman–Crippen MR) is 126 cm³/mol. The van der Waals surface area contributed by atoms with E-state index in [9.17, 15) is 18.0 Å². The van der Waals surface area contributed by atoms with Crippen LogP contribution >= 0.6 is 12.4 Å². The molecule has 2 aromatic carbocycles. The van der Waals surface area contributed by atoms with Crippen LogP contribution in [0.3, 0.4) is 0 Å². The molecule has 0 unspecified atom stereocenters. The normalized spacial score (nSPS) is 10.9. The van der Waals surface area contributed by atoms with Gasteiger partial charge in [-0.3, -0.25) is 14.3 Å². The summed E-state index contributed by atoms with van der Waals surface area (Å²) in [5, 5.41) is 2.79. The van der Waals surface area contributed by atoms with Gasteiger partial charge in [-0.15, -0.1) is 12.4 Å². The van der Waals surface area contributed by atoms with Gasteiger partial charge >= 0.3 is 0 Å². The second-order valence-corrected chi connectivity index (χ2v) is 8.67. The van der Waals surface area contributed by atoms with Gasteiger partial charge in [-0.1, -0.05) is 12.1 Å². The number of amides is 2. The van der Waals surface area contributed by atoms with E-state index in [4.69, 9.17) is 10.5 Å². The van der Waals surface area contributed by atoms with E-state index in [1.54, 1.807) is 19.1 Å². The number of hydrogen-bond acceptors (Lipinski definition) is 6. The largest absolute Gasteiger partial charge is 0.492 e. The second kappa shape index (κ2) is 12.3. The lowest BCUT2D eigenvalue weighted by Gasteiger charge is -2.16. The Morgan fingerprint density at radius 2 is 1.81 bits per heavy atom. The lowest BCUT2D eigenvalue weighted by Crippen LogP contribution is -2.28. The van der Waals surface area contributed by atoms with Crippen LogP contribution in [0.1, 0.15) is 34.1 Å². The zero-order chi connectivity index (χ0) is 23.0. The smallest absolute Gasteiger partial charge is 0.265 e. The van der Waals surface area contributed by atoms with Gasteiger partial charge < -0.3 is 20.7 Å². The number of nitrogens with zero attached hydrogens (tertiary/aromatic N) is 1. The highest BCUT2D eigenvalue weighted by Crippen LogP contribution is 2.28. The summed E-state index contributed by atoms with van der Waals surface area (Å²) < 4.78 is 34.0. The monoisotopic (exact) mass is 484 g/mol. The summed E-state index contributed by atoms with van der Waals surface area (Å²) in [4.78, 5) is 25.9. The van der Waals surface area contributed by atoms with E-state index in [1.165, 1.54) is 24.3 Å². The molecular weight excluding hydrogens is 456 g/mol. The van der Waals surface area contributed by atoms with Crippen molar-refractivity contribution in [2.75, 3.05) is 38.5 Å². The van der Waals surface area contributed by atoms with E-state index in [-0.39, 0.29) is 46.5 Å². The van der Waals surface area contributed by atoms with Gasteiger partial charge in [0, 0.05) is 12.1 Å². The predicted octanol–water partition coefficient (Wildman–Crippen LogP) is 2.09. The van der Waals surface area contributed by atoms with E-state index in [2.05, 4.69) is 10.0 Å². The number of halogens is 1. The molecule has 0 spiro atoms. The number of carbonyl (C=O) groups is 2. The van der Waals surface area contributed by atoms with Crippen LogP contribution in [-0.4, -0.2) is 58.9 Å². The number of benzene rings is 2. The third kappa shape index (κ3) is 7.40. The van der Waals surface area contributed by atoms with Crippen molar-refractivity contribution >= 4 is 39.9 Å². The maximum atomic E-state index is 13.1. The number of nitrogens with two attached hydrogens (primary N) is 1. The van der Waals surface area contributed by atoms with Crippen LogP contribution in [-0.2, 0) is 10.0 Å². The fourth-order valence-corrected chi connectivity index (χ4v) is 4.06. The fraction of sp³-hybridized carbons (Fsp3) is 0.333. The number of sulfonamides is 1. The fourth-order valence-electron chi connectivity index (χ4n) is 2.81. The number of ether oxygens (including phenoxy) is 1. The van der Waals surface area contributed by atoms with Gasteiger partial charge in [-0.25, -0.2) is 8.42 Å². The summed E-state index contributed by atoms with van der Waals surface area (Å²) in [5.74, 6) is -1.09. The molecule has 9 nitrogen and oxygen atoms in total. The molecule has 0 aliphatic heterocycles. The highest BCUT2D eigenvalue weighted by Gasteiger charge is 2.23. The molecule has 0 aliphatic rings. The molecular formula is C21H29ClN4O5S. The number of nitrogens with one attached hydrogen (secondary N) is 2. The molecule has 0 saturated carbocycles. The molecule has 2 rings (SSSR count). The van der Waals surface area contributed by atoms with Crippen molar-refractivity contribution in [1.82, 2.24) is 10.2 Å². The molecule has 0 aliphatic carbocycles. The van der Waals surface area contributed by atoms with E-state index >= 15 is 0 Å². The number of anilines is 1. The molecule has 0 radical (unpaired) electrons. The SMILES string of the molecule is CCOc1ccc(C(N)=O)cc1S(=O)(=O)Nc1ccccc1C(=O)NCCCN(C)C.Cl. The van der Waals surface area contributed by atoms with Gasteiger partial charge in [0.15, 0.2) is 0 Å². The Morgan fingerprint density at radius 3 is 2.44 bits per heavy atom. The number of hydrogen-bond donors (Lipinski definition) is 3. The Balaban J connectivity index is 0.00000512. The minimum Gasteiger partial charge on any atom is -0.492 e. The van der Waals surface area contributed by atoms with Gasteiger partial charge in [-0.05, 0) is 64.3 Å². The van der Waals surface area contributed by atoms with Crippen molar-refractivity contribution in [2.24, 2.45) is 5.73 Å². The summed E-state index contributed by atoms with van der Waals surface area (Å²) in [6.45, 7) is 3.20. The molecule has 0 heterocycles. The quantitative estimate of drug-likeness (QED) is 0.418. The highest BCUT2D eigenvalue weighted by molar-refractivity contribution is 7.92. The van der Waals surface area contributed by atoms with Crippen molar-refractivity contribution in [3.8, 4) is 5.75 Å². The molecule has 4 N–H and O–H groups in total. The summed E-state index contributed by atoms with van der Waals surface area (Å²) in [6, 6.07) is 10.2. The van der Waals surface area contributed by atoms with Crippen molar-refractivity contribution in [2.45, 2.75) is 18.2 Å². The number of primary amides is 1. The maximum Gasteiger partial charge on any atom is 0.265 e. The van der Waals surface area contributed by atoms with Crippen LogP contribution in [0, 0.1) is 0 Å². The third-order valence-corrected chi connectivity index (χ3v) is 5.69. The standard InChI is InChI=1S/C21H28N4O5S.ClH/c1-4-30-18-11-10-15(20(22)26)14-19(18)31(28,29)24-17-9-6-5-8-16(17)21(27)23-12-7-13-25(2)3;/h5-6,8-11,14,24H,4,7,12-13H2,1-3H3,(H2,22,26)(H,23,27);1H. The molecule has 0 aromatic heterocycles. The third-order valence-electron chi connectivity index (χ3n) is 4.30. The Bertz CT molecular complexity index is 1040. The Morgan fingerprint density at radius 1 is 1.12 bits per heavy atom. The molecule has 11 heteroatoms. The maximum absolute atomic E-state index is 13.1. The van der Waals surface area contributed by atoms with Gasteiger partial charge in [0.25, 0.3) is 15.9 Å². The first-order valence-electron chi connectivity index (χ1n) is 9.77. The average molecular weight is 485 g/mol.